The van der Waals surface area contributed by atoms with E-state index in [9.17, 15) is 9.90 Å². The smallest absolute Gasteiger partial charge is 0.313 e. The molecular weight excluding hydrogens is 412 g/mol. The molecule has 1 spiro atoms. The van der Waals surface area contributed by atoms with Gasteiger partial charge in [0.1, 0.15) is 6.10 Å². The number of hydrogen-bond acceptors (Lipinski definition) is 4. The molecule has 182 valence electrons. The standard InChI is InChI=1S/C29H42O4/c1-16-7-12-28-14-13-27(6)26(5)11-8-17-24(2,3)19(30)9-10-25(17,4)21(26)20-22(32-20)29(27,18(28)15-16)33-23(28)31/h17-22,30H,1,7-15H2,2-6H3/t17-,18+,19-,20-,21+,22-,25-,26+,27-,28-,29+/m0/s1. The van der Waals surface area contributed by atoms with Crippen LogP contribution >= 0.6 is 0 Å². The van der Waals surface area contributed by atoms with Crippen LogP contribution in [0, 0.1) is 44.8 Å². The summed E-state index contributed by atoms with van der Waals surface area (Å²) in [5.41, 5.74) is 0.538. The number of carbonyl (C=O) groups is 1. The summed E-state index contributed by atoms with van der Waals surface area (Å²) in [6.45, 7) is 16.5. The Labute approximate surface area is 198 Å². The van der Waals surface area contributed by atoms with Gasteiger partial charge < -0.3 is 14.6 Å². The lowest BCUT2D eigenvalue weighted by atomic mass is 9.31. The molecule has 5 saturated carbocycles. The largest absolute Gasteiger partial charge is 0.455 e. The van der Waals surface area contributed by atoms with Crippen LogP contribution < -0.4 is 0 Å². The average Bonchev–Trinajstić information content (AvgIpc) is 3.49. The van der Waals surface area contributed by atoms with Gasteiger partial charge in [0.05, 0.1) is 17.6 Å². The van der Waals surface area contributed by atoms with E-state index in [1.54, 1.807) is 0 Å². The summed E-state index contributed by atoms with van der Waals surface area (Å²) in [5.74, 6) is 1.25. The van der Waals surface area contributed by atoms with Gasteiger partial charge in [-0.05, 0) is 85.9 Å². The van der Waals surface area contributed by atoms with Crippen LogP contribution in [0.15, 0.2) is 12.2 Å². The van der Waals surface area contributed by atoms with Crippen LogP contribution in [0.2, 0.25) is 0 Å². The van der Waals surface area contributed by atoms with Crippen LogP contribution in [0.4, 0.5) is 0 Å². The molecule has 11 atom stereocenters. The maximum atomic E-state index is 13.6. The third-order valence-corrected chi connectivity index (χ3v) is 13.6. The highest BCUT2D eigenvalue weighted by Gasteiger charge is 2.88. The lowest BCUT2D eigenvalue weighted by molar-refractivity contribution is -0.270. The van der Waals surface area contributed by atoms with Gasteiger partial charge in [0.25, 0.3) is 0 Å². The zero-order valence-corrected chi connectivity index (χ0v) is 21.2. The highest BCUT2D eigenvalue weighted by atomic mass is 16.6. The first-order valence-electron chi connectivity index (χ1n) is 13.6. The number of epoxide rings is 1. The van der Waals surface area contributed by atoms with Gasteiger partial charge in [-0.1, -0.05) is 46.8 Å². The number of esters is 1. The molecule has 0 aromatic rings. The van der Waals surface area contributed by atoms with Gasteiger partial charge in [-0.2, -0.15) is 0 Å². The van der Waals surface area contributed by atoms with Gasteiger partial charge in [-0.25, -0.2) is 0 Å². The normalized spacial score (nSPS) is 62.2. The van der Waals surface area contributed by atoms with Gasteiger partial charge in [0.15, 0.2) is 5.60 Å². The van der Waals surface area contributed by atoms with Crippen molar-refractivity contribution >= 4 is 5.97 Å². The van der Waals surface area contributed by atoms with Crippen LogP contribution in [-0.2, 0) is 14.3 Å². The molecule has 2 aliphatic heterocycles. The van der Waals surface area contributed by atoms with Crippen molar-refractivity contribution in [2.24, 2.45) is 44.8 Å². The second-order valence-corrected chi connectivity index (χ2v) is 14.6. The summed E-state index contributed by atoms with van der Waals surface area (Å²) in [6.07, 6.45) is 9.06. The van der Waals surface area contributed by atoms with E-state index in [1.165, 1.54) is 5.57 Å². The van der Waals surface area contributed by atoms with E-state index < -0.39 is 5.60 Å². The van der Waals surface area contributed by atoms with E-state index in [-0.39, 0.29) is 57.3 Å². The molecule has 5 aliphatic carbocycles. The molecule has 0 unspecified atom stereocenters. The van der Waals surface area contributed by atoms with Crippen LogP contribution in [0.3, 0.4) is 0 Å². The van der Waals surface area contributed by atoms with E-state index in [4.69, 9.17) is 9.47 Å². The molecule has 2 saturated heterocycles. The lowest BCUT2D eigenvalue weighted by Crippen LogP contribution is -2.74. The molecule has 7 rings (SSSR count). The van der Waals surface area contributed by atoms with Crippen molar-refractivity contribution in [3.8, 4) is 0 Å². The second kappa shape index (κ2) is 5.75. The number of hydrogen-bond donors (Lipinski definition) is 1. The first-order valence-corrected chi connectivity index (χ1v) is 13.6. The number of carbonyl (C=O) groups excluding carboxylic acids is 1. The number of aliphatic hydroxyl groups excluding tert-OH is 1. The van der Waals surface area contributed by atoms with Crippen molar-refractivity contribution < 1.29 is 19.4 Å². The Morgan fingerprint density at radius 2 is 1.73 bits per heavy atom. The molecule has 4 heteroatoms. The second-order valence-electron chi connectivity index (χ2n) is 14.6. The lowest BCUT2D eigenvalue weighted by Gasteiger charge is -2.72. The van der Waals surface area contributed by atoms with Crippen LogP contribution in [0.25, 0.3) is 0 Å². The van der Waals surface area contributed by atoms with Crippen LogP contribution in [0.5, 0.6) is 0 Å². The zero-order chi connectivity index (χ0) is 23.4. The van der Waals surface area contributed by atoms with Gasteiger partial charge in [0, 0.05) is 11.3 Å². The Morgan fingerprint density at radius 3 is 2.48 bits per heavy atom. The predicted octanol–water partition coefficient (Wildman–Crippen LogP) is 5.43. The summed E-state index contributed by atoms with van der Waals surface area (Å²) in [7, 11) is 0. The Bertz CT molecular complexity index is 971. The Hall–Kier alpha value is -0.870. The SMILES string of the molecule is C=C1CC[C@@]23CC[C@]4(C)[C@@](OC2=O)([C@@H]3C1)[C@H]1O[C@H]1[C@@H]1[C@@]2(C)CC[C@H](O)C(C)(C)[C@@H]2CC[C@]14C. The van der Waals surface area contributed by atoms with Gasteiger partial charge >= 0.3 is 5.97 Å². The first kappa shape index (κ1) is 21.4. The molecular formula is C29H42O4. The molecule has 0 aromatic heterocycles. The molecule has 2 heterocycles. The zero-order valence-electron chi connectivity index (χ0n) is 21.2. The number of aliphatic hydroxyl groups is 1. The molecule has 4 nitrogen and oxygen atoms in total. The molecule has 0 amide bonds. The Kier molecular flexibility index (Phi) is 3.73. The maximum absolute atomic E-state index is 13.6. The van der Waals surface area contributed by atoms with E-state index in [1.807, 2.05) is 0 Å². The Morgan fingerprint density at radius 1 is 0.970 bits per heavy atom. The predicted molar refractivity (Wildman–Crippen MR) is 125 cm³/mol. The van der Waals surface area contributed by atoms with Crippen LogP contribution in [-0.4, -0.2) is 35.0 Å². The number of ether oxygens (including phenoxy) is 2. The van der Waals surface area contributed by atoms with Crippen LogP contribution in [0.1, 0.15) is 92.4 Å². The van der Waals surface area contributed by atoms with Gasteiger partial charge in [0.2, 0.25) is 0 Å². The van der Waals surface area contributed by atoms with Crippen molar-refractivity contribution in [1.82, 2.24) is 0 Å². The fourth-order valence-corrected chi connectivity index (χ4v) is 11.7. The first-order chi connectivity index (χ1) is 15.4. The average molecular weight is 455 g/mol. The number of fused-ring (bicyclic) bond motifs is 6. The van der Waals surface area contributed by atoms with Crippen molar-refractivity contribution in [2.45, 2.75) is 116 Å². The fourth-order valence-electron chi connectivity index (χ4n) is 11.7. The minimum atomic E-state index is -0.492. The fraction of sp³-hybridized carbons (Fsp3) is 0.897. The van der Waals surface area contributed by atoms with E-state index in [0.717, 1.165) is 57.8 Å². The molecule has 7 fully saturated rings. The topological polar surface area (TPSA) is 59.1 Å². The summed E-state index contributed by atoms with van der Waals surface area (Å²) in [6, 6.07) is 0. The molecule has 33 heavy (non-hydrogen) atoms. The molecule has 2 bridgehead atoms. The maximum Gasteiger partial charge on any atom is 0.313 e. The third kappa shape index (κ3) is 1.99. The summed E-state index contributed by atoms with van der Waals surface area (Å²) >= 11 is 0. The molecule has 7 aliphatic rings. The third-order valence-electron chi connectivity index (χ3n) is 13.6. The van der Waals surface area contributed by atoms with Crippen molar-refractivity contribution in [1.29, 1.82) is 0 Å². The van der Waals surface area contributed by atoms with E-state index >= 15 is 0 Å². The van der Waals surface area contributed by atoms with Crippen molar-refractivity contribution in [2.75, 3.05) is 0 Å². The molecule has 1 N–H and O–H groups in total. The van der Waals surface area contributed by atoms with Gasteiger partial charge in [-0.15, -0.1) is 0 Å². The number of rotatable bonds is 0. The minimum Gasteiger partial charge on any atom is -0.455 e. The summed E-state index contributed by atoms with van der Waals surface area (Å²) < 4.78 is 13.5. The minimum absolute atomic E-state index is 0.0353. The van der Waals surface area contributed by atoms with Crippen molar-refractivity contribution in [3.05, 3.63) is 12.2 Å². The molecule has 0 aromatic carbocycles. The summed E-state index contributed by atoms with van der Waals surface area (Å²) in [4.78, 5) is 13.6. The van der Waals surface area contributed by atoms with E-state index in [0.29, 0.717) is 11.8 Å². The monoisotopic (exact) mass is 454 g/mol. The highest BCUT2D eigenvalue weighted by Crippen LogP contribution is 2.83. The molecule has 0 radical (unpaired) electrons. The summed E-state index contributed by atoms with van der Waals surface area (Å²) in [5, 5.41) is 10.9. The highest BCUT2D eigenvalue weighted by molar-refractivity contribution is 5.82. The van der Waals surface area contributed by atoms with E-state index in [2.05, 4.69) is 41.2 Å². The Balaban J connectivity index is 1.39. The quantitative estimate of drug-likeness (QED) is 0.301. The number of allylic oxidation sites excluding steroid dienone is 1. The van der Waals surface area contributed by atoms with Gasteiger partial charge in [-0.3, -0.25) is 4.79 Å². The van der Waals surface area contributed by atoms with Crippen molar-refractivity contribution in [3.63, 3.8) is 0 Å².